The quantitative estimate of drug-likeness (QED) is 0.339. The van der Waals surface area contributed by atoms with E-state index in [1.165, 1.54) is 0 Å². The highest BCUT2D eigenvalue weighted by Gasteiger charge is 2.25. The maximum atomic E-state index is 5.51. The van der Waals surface area contributed by atoms with Crippen molar-refractivity contribution in [3.05, 3.63) is 54.1 Å². The van der Waals surface area contributed by atoms with Crippen LogP contribution in [0.15, 0.2) is 53.5 Å². The third-order valence-corrected chi connectivity index (χ3v) is 4.88. The van der Waals surface area contributed by atoms with Gasteiger partial charge in [-0.25, -0.2) is 4.99 Å². The zero-order valence-electron chi connectivity index (χ0n) is 17.4. The molecule has 1 aliphatic heterocycles. The number of anilines is 1. The topological polar surface area (TPSA) is 58.1 Å². The molecule has 0 saturated carbocycles. The molecule has 3 rings (SSSR count). The second-order valence-electron chi connectivity index (χ2n) is 6.79. The van der Waals surface area contributed by atoms with Gasteiger partial charge in [0.2, 0.25) is 0 Å². The van der Waals surface area contributed by atoms with Crippen LogP contribution in [0.25, 0.3) is 0 Å². The summed E-state index contributed by atoms with van der Waals surface area (Å²) in [6, 6.07) is 16.6. The van der Waals surface area contributed by atoms with Gasteiger partial charge in [0.15, 0.2) is 5.96 Å². The summed E-state index contributed by atoms with van der Waals surface area (Å²) in [5.41, 5.74) is 2.30. The van der Waals surface area contributed by atoms with Crippen molar-refractivity contribution in [2.24, 2.45) is 4.99 Å². The van der Waals surface area contributed by atoms with Gasteiger partial charge in [0.05, 0.1) is 26.5 Å². The molecule has 0 spiro atoms. The first-order valence-electron chi connectivity index (χ1n) is 9.79. The average Bonchev–Trinajstić information content (AvgIpc) is 3.21. The molecule has 29 heavy (non-hydrogen) atoms. The number of hydrogen-bond acceptors (Lipinski definition) is 4. The van der Waals surface area contributed by atoms with E-state index < -0.39 is 0 Å². The standard InChI is InChI=1S/C22H30N4O2.HI/c1-4-23-22(24-15-17-9-11-19(27-2)12-10-17)25-18-13-14-26(16-18)20-7-5-6-8-21(20)28-3;/h5-12,18H,4,13-16H2,1-3H3,(H2,23,24,25);1H. The molecule has 0 bridgehead atoms. The predicted octanol–water partition coefficient (Wildman–Crippen LogP) is 3.66. The summed E-state index contributed by atoms with van der Waals surface area (Å²) in [5, 5.41) is 6.93. The minimum Gasteiger partial charge on any atom is -0.497 e. The van der Waals surface area contributed by atoms with Gasteiger partial charge in [0.25, 0.3) is 0 Å². The molecule has 1 fully saturated rings. The fourth-order valence-electron chi connectivity index (χ4n) is 3.40. The second-order valence-corrected chi connectivity index (χ2v) is 6.79. The first-order valence-corrected chi connectivity index (χ1v) is 9.79. The van der Waals surface area contributed by atoms with E-state index in [0.29, 0.717) is 12.6 Å². The Balaban J connectivity index is 0.00000300. The average molecular weight is 510 g/mol. The number of nitrogens with zero attached hydrogens (tertiary/aromatic N) is 2. The highest BCUT2D eigenvalue weighted by molar-refractivity contribution is 14.0. The van der Waals surface area contributed by atoms with Crippen molar-refractivity contribution in [2.75, 3.05) is 38.8 Å². The van der Waals surface area contributed by atoms with Gasteiger partial charge < -0.3 is 25.0 Å². The third-order valence-electron chi connectivity index (χ3n) is 4.88. The zero-order valence-corrected chi connectivity index (χ0v) is 19.7. The minimum absolute atomic E-state index is 0. The van der Waals surface area contributed by atoms with E-state index in [-0.39, 0.29) is 24.0 Å². The van der Waals surface area contributed by atoms with E-state index in [9.17, 15) is 0 Å². The Labute approximate surface area is 190 Å². The molecule has 1 unspecified atom stereocenters. The molecule has 158 valence electrons. The lowest BCUT2D eigenvalue weighted by Crippen LogP contribution is -2.44. The molecule has 1 saturated heterocycles. The number of benzene rings is 2. The molecule has 7 heteroatoms. The van der Waals surface area contributed by atoms with Crippen molar-refractivity contribution in [1.82, 2.24) is 10.6 Å². The molecule has 0 aromatic heterocycles. The molecule has 0 radical (unpaired) electrons. The predicted molar refractivity (Wildman–Crippen MR) is 130 cm³/mol. The van der Waals surface area contributed by atoms with Gasteiger partial charge in [0.1, 0.15) is 11.5 Å². The molecular weight excluding hydrogens is 479 g/mol. The number of guanidine groups is 1. The van der Waals surface area contributed by atoms with Gasteiger partial charge in [-0.15, -0.1) is 24.0 Å². The lowest BCUT2D eigenvalue weighted by atomic mass is 10.2. The summed E-state index contributed by atoms with van der Waals surface area (Å²) >= 11 is 0. The van der Waals surface area contributed by atoms with Crippen molar-refractivity contribution in [1.29, 1.82) is 0 Å². The summed E-state index contributed by atoms with van der Waals surface area (Å²) in [6.07, 6.45) is 1.06. The normalized spacial score (nSPS) is 16.2. The van der Waals surface area contributed by atoms with Crippen LogP contribution >= 0.6 is 24.0 Å². The van der Waals surface area contributed by atoms with E-state index in [2.05, 4.69) is 34.6 Å². The summed E-state index contributed by atoms with van der Waals surface area (Å²) in [5.74, 6) is 2.63. The van der Waals surface area contributed by atoms with Crippen molar-refractivity contribution in [3.63, 3.8) is 0 Å². The van der Waals surface area contributed by atoms with Crippen LogP contribution in [0.5, 0.6) is 11.5 Å². The SMILES string of the molecule is CCNC(=NCc1ccc(OC)cc1)NC1CCN(c2ccccc2OC)C1.I. The van der Waals surface area contributed by atoms with Gasteiger partial charge in [0, 0.05) is 25.7 Å². The van der Waals surface area contributed by atoms with Crippen LogP contribution in [0.4, 0.5) is 5.69 Å². The van der Waals surface area contributed by atoms with Gasteiger partial charge in [-0.05, 0) is 43.2 Å². The number of rotatable bonds is 7. The first-order chi connectivity index (χ1) is 13.7. The zero-order chi connectivity index (χ0) is 19.8. The summed E-state index contributed by atoms with van der Waals surface area (Å²) < 4.78 is 10.7. The Morgan fingerprint density at radius 2 is 1.86 bits per heavy atom. The van der Waals surface area contributed by atoms with Crippen LogP contribution in [0.3, 0.4) is 0 Å². The van der Waals surface area contributed by atoms with Gasteiger partial charge >= 0.3 is 0 Å². The molecule has 1 heterocycles. The van der Waals surface area contributed by atoms with E-state index in [4.69, 9.17) is 14.5 Å². The third kappa shape index (κ3) is 6.42. The van der Waals surface area contributed by atoms with Crippen molar-refractivity contribution in [2.45, 2.75) is 25.9 Å². The molecule has 0 amide bonds. The molecule has 6 nitrogen and oxygen atoms in total. The minimum atomic E-state index is 0. The Bertz CT molecular complexity index is 783. The molecule has 2 aromatic rings. The van der Waals surface area contributed by atoms with Crippen LogP contribution in [0.2, 0.25) is 0 Å². The molecule has 1 atom stereocenters. The second kappa shape index (κ2) is 11.7. The highest BCUT2D eigenvalue weighted by atomic mass is 127. The number of methoxy groups -OCH3 is 2. The molecule has 2 N–H and O–H groups in total. The summed E-state index contributed by atoms with van der Waals surface area (Å²) in [6.45, 7) is 5.46. The number of halogens is 1. The maximum absolute atomic E-state index is 5.51. The Kier molecular flexibility index (Phi) is 9.37. The van der Waals surface area contributed by atoms with E-state index in [1.54, 1.807) is 14.2 Å². The van der Waals surface area contributed by atoms with E-state index in [0.717, 1.165) is 54.8 Å². The van der Waals surface area contributed by atoms with Crippen LogP contribution < -0.4 is 25.0 Å². The fourth-order valence-corrected chi connectivity index (χ4v) is 3.40. The number of nitrogens with one attached hydrogen (secondary N) is 2. The van der Waals surface area contributed by atoms with Crippen LogP contribution in [0.1, 0.15) is 18.9 Å². The number of para-hydroxylation sites is 2. The van der Waals surface area contributed by atoms with Crippen molar-refractivity contribution < 1.29 is 9.47 Å². The molecular formula is C22H31IN4O2. The Morgan fingerprint density at radius 3 is 2.55 bits per heavy atom. The fraction of sp³-hybridized carbons (Fsp3) is 0.409. The maximum Gasteiger partial charge on any atom is 0.191 e. The number of ether oxygens (including phenoxy) is 2. The number of hydrogen-bond donors (Lipinski definition) is 2. The van der Waals surface area contributed by atoms with Crippen molar-refractivity contribution in [3.8, 4) is 11.5 Å². The Hall–Kier alpha value is -2.16. The molecule has 2 aromatic carbocycles. The smallest absolute Gasteiger partial charge is 0.191 e. The van der Waals surface area contributed by atoms with Gasteiger partial charge in [-0.3, -0.25) is 0 Å². The largest absolute Gasteiger partial charge is 0.497 e. The lowest BCUT2D eigenvalue weighted by molar-refractivity contribution is 0.414. The Morgan fingerprint density at radius 1 is 1.10 bits per heavy atom. The van der Waals surface area contributed by atoms with E-state index in [1.807, 2.05) is 36.4 Å². The van der Waals surface area contributed by atoms with E-state index >= 15 is 0 Å². The number of aliphatic imine (C=N–C) groups is 1. The lowest BCUT2D eigenvalue weighted by Gasteiger charge is -2.22. The molecule has 1 aliphatic rings. The molecule has 0 aliphatic carbocycles. The summed E-state index contributed by atoms with van der Waals surface area (Å²) in [7, 11) is 3.40. The summed E-state index contributed by atoms with van der Waals surface area (Å²) in [4.78, 5) is 7.11. The highest BCUT2D eigenvalue weighted by Crippen LogP contribution is 2.30. The van der Waals surface area contributed by atoms with Gasteiger partial charge in [-0.1, -0.05) is 24.3 Å². The monoisotopic (exact) mass is 510 g/mol. The van der Waals surface area contributed by atoms with Crippen LogP contribution in [-0.4, -0.2) is 45.9 Å². The van der Waals surface area contributed by atoms with Crippen LogP contribution in [-0.2, 0) is 6.54 Å². The first kappa shape index (κ1) is 23.1. The van der Waals surface area contributed by atoms with Crippen LogP contribution in [0, 0.1) is 0 Å². The van der Waals surface area contributed by atoms with Gasteiger partial charge in [-0.2, -0.15) is 0 Å². The van der Waals surface area contributed by atoms with Crippen molar-refractivity contribution >= 4 is 35.6 Å².